The van der Waals surface area contributed by atoms with Gasteiger partial charge in [0.25, 0.3) is 10.9 Å². The normalized spacial score (nSPS) is 12.1. The summed E-state index contributed by atoms with van der Waals surface area (Å²) in [7, 11) is 0. The monoisotopic (exact) mass is 425 g/mol. The first-order valence-electron chi connectivity index (χ1n) is 9.66. The Hall–Kier alpha value is -3.00. The van der Waals surface area contributed by atoms with E-state index in [2.05, 4.69) is 48.3 Å². The second kappa shape index (κ2) is 9.67. The fourth-order valence-corrected chi connectivity index (χ4v) is 3.74. The molecule has 156 valence electrons. The van der Waals surface area contributed by atoms with Gasteiger partial charge in [0.1, 0.15) is 0 Å². The second-order valence-electron chi connectivity index (χ2n) is 7.45. The Bertz CT molecular complexity index is 1030. The number of carbonyl (C=O) groups excluding carboxylic acids is 1. The Kier molecular flexibility index (Phi) is 6.99. The van der Waals surface area contributed by atoms with E-state index in [9.17, 15) is 14.9 Å². The van der Waals surface area contributed by atoms with Gasteiger partial charge in [-0.2, -0.15) is 0 Å². The molecule has 0 aliphatic rings. The van der Waals surface area contributed by atoms with Crippen molar-refractivity contribution in [3.8, 4) is 0 Å². The standard InChI is InChI=1S/C22H23N3O4S/c1-14(2)12-16-8-10-17(11-9-16)15(3)21-23-24-22(29-21)30-13-20(26)18-6-4-5-7-19(18)25(27)28/h4-11,14-15H,12-13H2,1-3H3. The van der Waals surface area contributed by atoms with Crippen molar-refractivity contribution in [3.63, 3.8) is 0 Å². The molecule has 0 aliphatic carbocycles. The van der Waals surface area contributed by atoms with Gasteiger partial charge in [-0.25, -0.2) is 0 Å². The molecule has 0 fully saturated rings. The summed E-state index contributed by atoms with van der Waals surface area (Å²) >= 11 is 1.07. The lowest BCUT2D eigenvalue weighted by Gasteiger charge is -2.09. The van der Waals surface area contributed by atoms with Crippen LogP contribution >= 0.6 is 11.8 Å². The summed E-state index contributed by atoms with van der Waals surface area (Å²) in [6, 6.07) is 14.3. The Morgan fingerprint density at radius 2 is 1.80 bits per heavy atom. The number of para-hydroxylation sites is 1. The zero-order valence-electron chi connectivity index (χ0n) is 17.1. The summed E-state index contributed by atoms with van der Waals surface area (Å²) in [4.78, 5) is 22.9. The lowest BCUT2D eigenvalue weighted by Crippen LogP contribution is -2.06. The van der Waals surface area contributed by atoms with Crippen LogP contribution in [-0.2, 0) is 6.42 Å². The molecule has 1 unspecified atom stereocenters. The Balaban J connectivity index is 1.64. The summed E-state index contributed by atoms with van der Waals surface area (Å²) in [6.45, 7) is 6.36. The Labute approximate surface area is 179 Å². The number of thioether (sulfide) groups is 1. The molecule has 0 aliphatic heterocycles. The molecule has 0 radical (unpaired) electrons. The molecule has 1 atom stereocenters. The minimum absolute atomic E-state index is 0.0230. The number of carbonyl (C=O) groups is 1. The maximum absolute atomic E-state index is 12.4. The van der Waals surface area contributed by atoms with E-state index < -0.39 is 4.92 Å². The van der Waals surface area contributed by atoms with Gasteiger partial charge in [0, 0.05) is 6.07 Å². The summed E-state index contributed by atoms with van der Waals surface area (Å²) in [6.07, 6.45) is 1.03. The second-order valence-corrected chi connectivity index (χ2v) is 8.38. The van der Waals surface area contributed by atoms with Crippen LogP contribution in [0.15, 0.2) is 58.2 Å². The van der Waals surface area contributed by atoms with Gasteiger partial charge in [0.2, 0.25) is 5.89 Å². The number of ketones is 1. The van der Waals surface area contributed by atoms with Crippen molar-refractivity contribution in [1.29, 1.82) is 0 Å². The van der Waals surface area contributed by atoms with E-state index in [1.165, 1.54) is 23.8 Å². The molecule has 0 bridgehead atoms. The topological polar surface area (TPSA) is 99.1 Å². The average Bonchev–Trinajstić information content (AvgIpc) is 3.20. The molecule has 0 amide bonds. The van der Waals surface area contributed by atoms with E-state index >= 15 is 0 Å². The highest BCUT2D eigenvalue weighted by molar-refractivity contribution is 7.99. The third kappa shape index (κ3) is 5.33. The SMILES string of the molecule is CC(C)Cc1ccc(C(C)c2nnc(SCC(=O)c3ccccc3[N+](=O)[O-])o2)cc1. The van der Waals surface area contributed by atoms with Crippen molar-refractivity contribution in [2.24, 2.45) is 5.92 Å². The number of nitro groups is 1. The zero-order valence-corrected chi connectivity index (χ0v) is 17.9. The predicted octanol–water partition coefficient (Wildman–Crippen LogP) is 5.30. The van der Waals surface area contributed by atoms with Gasteiger partial charge in [-0.15, -0.1) is 10.2 Å². The van der Waals surface area contributed by atoms with Crippen molar-refractivity contribution in [3.05, 3.63) is 81.2 Å². The van der Waals surface area contributed by atoms with Crippen molar-refractivity contribution < 1.29 is 14.1 Å². The van der Waals surface area contributed by atoms with Crippen molar-refractivity contribution >= 4 is 23.2 Å². The highest BCUT2D eigenvalue weighted by atomic mass is 32.2. The molecule has 2 aromatic carbocycles. The molecule has 0 saturated carbocycles. The first-order chi connectivity index (χ1) is 14.3. The predicted molar refractivity (Wildman–Crippen MR) is 115 cm³/mol. The minimum Gasteiger partial charge on any atom is -0.415 e. The largest absolute Gasteiger partial charge is 0.415 e. The van der Waals surface area contributed by atoms with Gasteiger partial charge in [-0.1, -0.05) is 62.0 Å². The highest BCUT2D eigenvalue weighted by Gasteiger charge is 2.21. The maximum atomic E-state index is 12.4. The summed E-state index contributed by atoms with van der Waals surface area (Å²) < 4.78 is 5.71. The first-order valence-corrected chi connectivity index (χ1v) is 10.7. The number of aromatic nitrogens is 2. The number of nitro benzene ring substituents is 1. The van der Waals surface area contributed by atoms with Crippen LogP contribution in [0.4, 0.5) is 5.69 Å². The molecule has 3 aromatic rings. The van der Waals surface area contributed by atoms with Crippen LogP contribution in [0.5, 0.6) is 0 Å². The molecular weight excluding hydrogens is 402 g/mol. The summed E-state index contributed by atoms with van der Waals surface area (Å²) in [5.41, 5.74) is 2.23. The van der Waals surface area contributed by atoms with Crippen LogP contribution in [0, 0.1) is 16.0 Å². The van der Waals surface area contributed by atoms with Crippen LogP contribution in [0.3, 0.4) is 0 Å². The molecular formula is C22H23N3O4S. The van der Waals surface area contributed by atoms with E-state index in [4.69, 9.17) is 4.42 Å². The lowest BCUT2D eigenvalue weighted by molar-refractivity contribution is -0.385. The smallest absolute Gasteiger partial charge is 0.280 e. The van der Waals surface area contributed by atoms with Gasteiger partial charge in [0.15, 0.2) is 5.78 Å². The maximum Gasteiger partial charge on any atom is 0.280 e. The van der Waals surface area contributed by atoms with E-state index in [0.717, 1.165) is 23.7 Å². The van der Waals surface area contributed by atoms with Gasteiger partial charge < -0.3 is 4.42 Å². The molecule has 1 aromatic heterocycles. The van der Waals surface area contributed by atoms with Crippen LogP contribution in [-0.4, -0.2) is 26.7 Å². The van der Waals surface area contributed by atoms with Crippen LogP contribution in [0.1, 0.15) is 54.1 Å². The lowest BCUT2D eigenvalue weighted by atomic mass is 9.97. The van der Waals surface area contributed by atoms with E-state index in [0.29, 0.717) is 11.8 Å². The van der Waals surface area contributed by atoms with E-state index in [-0.39, 0.29) is 33.9 Å². The molecule has 30 heavy (non-hydrogen) atoms. The molecule has 8 heteroatoms. The van der Waals surface area contributed by atoms with E-state index in [1.807, 2.05) is 6.92 Å². The van der Waals surface area contributed by atoms with Crippen molar-refractivity contribution in [2.75, 3.05) is 5.75 Å². The van der Waals surface area contributed by atoms with E-state index in [1.54, 1.807) is 6.07 Å². The van der Waals surface area contributed by atoms with Crippen molar-refractivity contribution in [2.45, 2.75) is 38.3 Å². The number of benzene rings is 2. The van der Waals surface area contributed by atoms with Gasteiger partial charge in [0.05, 0.1) is 22.2 Å². The first kappa shape index (κ1) is 21.7. The third-order valence-corrected chi connectivity index (χ3v) is 5.46. The van der Waals surface area contributed by atoms with Gasteiger partial charge in [-0.05, 0) is 36.5 Å². The quantitative estimate of drug-likeness (QED) is 0.198. The van der Waals surface area contributed by atoms with Crippen molar-refractivity contribution in [1.82, 2.24) is 10.2 Å². The summed E-state index contributed by atoms with van der Waals surface area (Å²) in [5.74, 6) is 0.605. The molecule has 0 spiro atoms. The molecule has 0 saturated heterocycles. The fraction of sp³-hybridized carbons (Fsp3) is 0.318. The van der Waals surface area contributed by atoms with Crippen LogP contribution < -0.4 is 0 Å². The number of hydrogen-bond acceptors (Lipinski definition) is 7. The number of Topliss-reactive ketones (excluding diaryl/α,β-unsaturated/α-hetero) is 1. The Morgan fingerprint density at radius 3 is 2.47 bits per heavy atom. The van der Waals surface area contributed by atoms with Gasteiger partial charge in [-0.3, -0.25) is 14.9 Å². The summed E-state index contributed by atoms with van der Waals surface area (Å²) in [5, 5.41) is 19.5. The number of nitrogens with zero attached hydrogens (tertiary/aromatic N) is 3. The number of hydrogen-bond donors (Lipinski definition) is 0. The molecule has 1 heterocycles. The van der Waals surface area contributed by atoms with Crippen LogP contribution in [0.2, 0.25) is 0 Å². The average molecular weight is 426 g/mol. The number of rotatable bonds is 9. The van der Waals surface area contributed by atoms with Gasteiger partial charge >= 0.3 is 0 Å². The third-order valence-electron chi connectivity index (χ3n) is 4.64. The zero-order chi connectivity index (χ0) is 21.7. The van der Waals surface area contributed by atoms with Crippen LogP contribution in [0.25, 0.3) is 0 Å². The molecule has 3 rings (SSSR count). The minimum atomic E-state index is -0.559. The highest BCUT2D eigenvalue weighted by Crippen LogP contribution is 2.27. The Morgan fingerprint density at radius 1 is 1.10 bits per heavy atom. The fourth-order valence-electron chi connectivity index (χ4n) is 3.08. The molecule has 7 nitrogen and oxygen atoms in total. The molecule has 0 N–H and O–H groups in total.